The summed E-state index contributed by atoms with van der Waals surface area (Å²) in [4.78, 5) is 38.8. The molecular weight excluding hydrogens is 332 g/mol. The molecule has 140 valence electrons. The van der Waals surface area contributed by atoms with Crippen molar-refractivity contribution in [3.05, 3.63) is 35.9 Å². The lowest BCUT2D eigenvalue weighted by atomic mass is 9.98. The average molecular weight is 358 g/mol. The number of nitrogens with zero attached hydrogens (tertiary/aromatic N) is 1. The van der Waals surface area contributed by atoms with Gasteiger partial charge in [0, 0.05) is 6.54 Å². The van der Waals surface area contributed by atoms with Crippen molar-refractivity contribution >= 4 is 17.8 Å². The predicted octanol–water partition coefficient (Wildman–Crippen LogP) is 1.17. The van der Waals surface area contributed by atoms with E-state index in [9.17, 15) is 14.4 Å². The first-order valence-corrected chi connectivity index (χ1v) is 9.09. The third kappa shape index (κ3) is 3.66. The number of fused-ring (bicyclic) bond motifs is 1. The van der Waals surface area contributed by atoms with Crippen LogP contribution in [0.15, 0.2) is 30.3 Å². The largest absolute Gasteiger partial charge is 0.342 e. The van der Waals surface area contributed by atoms with Gasteiger partial charge in [-0.15, -0.1) is 0 Å². The Hall–Kier alpha value is -2.57. The Morgan fingerprint density at radius 3 is 2.54 bits per heavy atom. The van der Waals surface area contributed by atoms with Gasteiger partial charge in [0.05, 0.1) is 12.1 Å². The molecule has 2 aliphatic heterocycles. The molecule has 4 atom stereocenters. The van der Waals surface area contributed by atoms with Gasteiger partial charge in [-0.1, -0.05) is 44.2 Å². The monoisotopic (exact) mass is 358 g/mol. The van der Waals surface area contributed by atoms with E-state index in [1.54, 1.807) is 4.90 Å². The van der Waals surface area contributed by atoms with E-state index in [1.165, 1.54) is 0 Å². The van der Waals surface area contributed by atoms with Crippen LogP contribution in [0.25, 0.3) is 0 Å². The molecule has 3 N–H and O–H groups in total. The number of amides is 4. The molecule has 1 aromatic rings. The van der Waals surface area contributed by atoms with Crippen LogP contribution in [0.5, 0.6) is 0 Å². The van der Waals surface area contributed by atoms with E-state index in [-0.39, 0.29) is 35.8 Å². The van der Waals surface area contributed by atoms with Gasteiger partial charge in [0.1, 0.15) is 12.1 Å². The molecule has 2 aliphatic rings. The zero-order valence-corrected chi connectivity index (χ0v) is 15.4. The number of nitrogens with one attached hydrogen (secondary N) is 3. The summed E-state index contributed by atoms with van der Waals surface area (Å²) in [5, 5.41) is 8.60. The first-order chi connectivity index (χ1) is 12.4. The second kappa shape index (κ2) is 7.35. The van der Waals surface area contributed by atoms with Gasteiger partial charge in [0.15, 0.2) is 0 Å². The maximum absolute atomic E-state index is 12.6. The highest BCUT2D eigenvalue weighted by Gasteiger charge is 2.47. The van der Waals surface area contributed by atoms with E-state index in [1.807, 2.05) is 51.1 Å². The highest BCUT2D eigenvalue weighted by atomic mass is 16.2. The van der Waals surface area contributed by atoms with Crippen molar-refractivity contribution < 1.29 is 14.4 Å². The number of rotatable bonds is 4. The van der Waals surface area contributed by atoms with Gasteiger partial charge >= 0.3 is 6.03 Å². The maximum atomic E-state index is 12.6. The Morgan fingerprint density at radius 2 is 1.88 bits per heavy atom. The van der Waals surface area contributed by atoms with Crippen molar-refractivity contribution in [1.82, 2.24) is 20.9 Å². The molecule has 0 aromatic heterocycles. The van der Waals surface area contributed by atoms with Crippen LogP contribution < -0.4 is 16.0 Å². The van der Waals surface area contributed by atoms with Crippen LogP contribution in [0, 0.1) is 5.92 Å². The van der Waals surface area contributed by atoms with Crippen LogP contribution in [0.4, 0.5) is 4.79 Å². The van der Waals surface area contributed by atoms with Crippen LogP contribution in [0.1, 0.15) is 38.8 Å². The fourth-order valence-corrected chi connectivity index (χ4v) is 3.62. The molecule has 7 nitrogen and oxygen atoms in total. The maximum Gasteiger partial charge on any atom is 0.315 e. The summed E-state index contributed by atoms with van der Waals surface area (Å²) in [5.74, 6) is -0.160. The van der Waals surface area contributed by atoms with Crippen molar-refractivity contribution in [1.29, 1.82) is 0 Å². The van der Waals surface area contributed by atoms with E-state index >= 15 is 0 Å². The summed E-state index contributed by atoms with van der Waals surface area (Å²) < 4.78 is 0. The first kappa shape index (κ1) is 18.2. The number of benzene rings is 1. The molecular formula is C19H26N4O3. The minimum Gasteiger partial charge on any atom is -0.342 e. The summed E-state index contributed by atoms with van der Waals surface area (Å²) >= 11 is 0. The highest BCUT2D eigenvalue weighted by molar-refractivity contribution is 5.97. The Labute approximate surface area is 153 Å². The molecule has 0 unspecified atom stereocenters. The van der Waals surface area contributed by atoms with Crippen LogP contribution in [0.3, 0.4) is 0 Å². The number of carbonyl (C=O) groups excluding carboxylic acids is 3. The van der Waals surface area contributed by atoms with E-state index in [2.05, 4.69) is 16.0 Å². The molecule has 1 aromatic carbocycles. The van der Waals surface area contributed by atoms with Crippen molar-refractivity contribution in [3.8, 4) is 0 Å². The van der Waals surface area contributed by atoms with Crippen molar-refractivity contribution in [3.63, 3.8) is 0 Å². The molecule has 0 bridgehead atoms. The summed E-state index contributed by atoms with van der Waals surface area (Å²) in [5.41, 5.74) is 1.01. The van der Waals surface area contributed by atoms with Gasteiger partial charge in [-0.2, -0.15) is 0 Å². The summed E-state index contributed by atoms with van der Waals surface area (Å²) in [7, 11) is 0. The number of carbonyl (C=O) groups is 3. The molecule has 3 rings (SSSR count). The second-order valence-corrected chi connectivity index (χ2v) is 7.42. The van der Waals surface area contributed by atoms with Crippen LogP contribution in [0.2, 0.25) is 0 Å². The Bertz CT molecular complexity index is 691. The lowest BCUT2D eigenvalue weighted by Gasteiger charge is -2.36. The lowest BCUT2D eigenvalue weighted by molar-refractivity contribution is -0.148. The van der Waals surface area contributed by atoms with Crippen molar-refractivity contribution in [2.24, 2.45) is 5.92 Å². The van der Waals surface area contributed by atoms with Crippen molar-refractivity contribution in [2.75, 3.05) is 6.54 Å². The fraction of sp³-hybridized carbons (Fsp3) is 0.526. The standard InChI is InChI=1S/C19H26N4O3/c1-11(2)16-18(25)23-10-14(9-15(23)17(24)22-16)21-19(26)20-12(3)13-7-5-4-6-8-13/h4-8,11-12,14-16H,9-10H2,1-3H3,(H,22,24)(H2,20,21,26)/t12-,14+,15+,16+/m1/s1. The van der Waals surface area contributed by atoms with Gasteiger partial charge in [-0.3, -0.25) is 9.59 Å². The number of urea groups is 1. The van der Waals surface area contributed by atoms with Crippen LogP contribution >= 0.6 is 0 Å². The SMILES string of the molecule is CC(C)[C@@H]1NC(=O)[C@@H]2C[C@H](NC(=O)N[C@H](C)c3ccccc3)CN2C1=O. The van der Waals surface area contributed by atoms with Crippen LogP contribution in [-0.2, 0) is 9.59 Å². The quantitative estimate of drug-likeness (QED) is 0.755. The Morgan fingerprint density at radius 1 is 1.19 bits per heavy atom. The topological polar surface area (TPSA) is 90.5 Å². The van der Waals surface area contributed by atoms with E-state index in [0.29, 0.717) is 13.0 Å². The van der Waals surface area contributed by atoms with Crippen LogP contribution in [-0.4, -0.2) is 47.4 Å². The summed E-state index contributed by atoms with van der Waals surface area (Å²) in [6, 6.07) is 8.06. The van der Waals surface area contributed by atoms with E-state index < -0.39 is 12.1 Å². The number of piperazine rings is 1. The first-order valence-electron chi connectivity index (χ1n) is 9.09. The third-order valence-corrected chi connectivity index (χ3v) is 5.10. The molecule has 2 heterocycles. The normalized spacial score (nSPS) is 26.3. The fourth-order valence-electron chi connectivity index (χ4n) is 3.62. The highest BCUT2D eigenvalue weighted by Crippen LogP contribution is 2.25. The molecule has 2 fully saturated rings. The molecule has 26 heavy (non-hydrogen) atoms. The van der Waals surface area contributed by atoms with E-state index in [4.69, 9.17) is 0 Å². The minimum atomic E-state index is -0.491. The zero-order chi connectivity index (χ0) is 18.8. The van der Waals surface area contributed by atoms with E-state index in [0.717, 1.165) is 5.56 Å². The lowest BCUT2D eigenvalue weighted by Crippen LogP contribution is -2.62. The minimum absolute atomic E-state index is 0.0365. The molecule has 0 radical (unpaired) electrons. The molecule has 0 saturated carbocycles. The Balaban J connectivity index is 1.58. The molecule has 0 spiro atoms. The second-order valence-electron chi connectivity index (χ2n) is 7.42. The Kier molecular flexibility index (Phi) is 5.15. The molecule has 7 heteroatoms. The van der Waals surface area contributed by atoms with Gasteiger partial charge in [-0.05, 0) is 24.8 Å². The summed E-state index contributed by atoms with van der Waals surface area (Å²) in [6.45, 7) is 6.10. The average Bonchev–Trinajstić information content (AvgIpc) is 3.03. The molecule has 2 saturated heterocycles. The van der Waals surface area contributed by atoms with Crippen molar-refractivity contribution in [2.45, 2.75) is 51.4 Å². The molecule has 4 amide bonds. The van der Waals surface area contributed by atoms with Gasteiger partial charge < -0.3 is 20.9 Å². The third-order valence-electron chi connectivity index (χ3n) is 5.10. The summed E-state index contributed by atoms with van der Waals surface area (Å²) in [6.07, 6.45) is 0.440. The number of hydrogen-bond donors (Lipinski definition) is 3. The zero-order valence-electron chi connectivity index (χ0n) is 15.4. The number of hydrogen-bond acceptors (Lipinski definition) is 3. The predicted molar refractivity (Wildman–Crippen MR) is 97.2 cm³/mol. The van der Waals surface area contributed by atoms with Gasteiger partial charge in [0.25, 0.3) is 0 Å². The molecule has 0 aliphatic carbocycles. The van der Waals surface area contributed by atoms with Gasteiger partial charge in [0.2, 0.25) is 11.8 Å². The van der Waals surface area contributed by atoms with Gasteiger partial charge in [-0.25, -0.2) is 4.79 Å². The smallest absolute Gasteiger partial charge is 0.315 e.